The van der Waals surface area contributed by atoms with E-state index in [1.54, 1.807) is 6.20 Å². The van der Waals surface area contributed by atoms with Crippen molar-refractivity contribution in [1.29, 1.82) is 0 Å². The van der Waals surface area contributed by atoms with Gasteiger partial charge in [-0.3, -0.25) is 4.72 Å². The number of hydrogen-bond acceptors (Lipinski definition) is 5. The molecule has 1 aromatic heterocycles. The molecule has 0 saturated carbocycles. The van der Waals surface area contributed by atoms with Crippen molar-refractivity contribution in [3.05, 3.63) is 84.1 Å². The minimum Gasteiger partial charge on any atom is -0.448 e. The number of aromatic nitrogens is 1. The van der Waals surface area contributed by atoms with Gasteiger partial charge in [-0.2, -0.15) is 0 Å². The van der Waals surface area contributed by atoms with E-state index in [1.165, 1.54) is 34.2 Å². The maximum atomic E-state index is 12.9. The van der Waals surface area contributed by atoms with Crippen molar-refractivity contribution in [2.75, 3.05) is 19.7 Å². The van der Waals surface area contributed by atoms with Gasteiger partial charge in [0.15, 0.2) is 0 Å². The first-order valence-electron chi connectivity index (χ1n) is 10.7. The quantitative estimate of drug-likeness (QED) is 0.570. The highest BCUT2D eigenvalue weighted by atomic mass is 32.2. The Balaban J connectivity index is 1.20. The third-order valence-electron chi connectivity index (χ3n) is 5.98. The highest BCUT2D eigenvalue weighted by Crippen LogP contribution is 2.44. The van der Waals surface area contributed by atoms with E-state index in [0.29, 0.717) is 13.2 Å². The Labute approximate surface area is 187 Å². The molecule has 5 nitrogen and oxygen atoms in total. The first-order valence-corrected chi connectivity index (χ1v) is 11.5. The number of carbonyl (C=O) groups is 1. The van der Waals surface area contributed by atoms with Gasteiger partial charge in [-0.1, -0.05) is 54.6 Å². The number of nitrogens with one attached hydrogen (secondary N) is 1. The summed E-state index contributed by atoms with van der Waals surface area (Å²) in [5, 5.41) is 0.931. The summed E-state index contributed by atoms with van der Waals surface area (Å²) < 4.78 is 9.28. The van der Waals surface area contributed by atoms with Gasteiger partial charge in [0, 0.05) is 31.2 Å². The molecule has 1 aliphatic heterocycles. The lowest BCUT2D eigenvalue weighted by Crippen LogP contribution is -2.46. The zero-order valence-electron chi connectivity index (χ0n) is 17.2. The first-order chi connectivity index (χ1) is 15.3. The average Bonchev–Trinajstić information content (AvgIpc) is 3.16. The summed E-state index contributed by atoms with van der Waals surface area (Å²) in [5.74, 6) is 0.0924. The van der Waals surface area contributed by atoms with Crippen LogP contribution < -0.4 is 4.72 Å². The number of nitrogens with zero attached hydrogens (tertiary/aromatic N) is 2. The molecule has 31 heavy (non-hydrogen) atoms. The van der Waals surface area contributed by atoms with E-state index in [9.17, 15) is 4.79 Å². The van der Waals surface area contributed by atoms with Crippen LogP contribution in [0.1, 0.15) is 29.9 Å². The number of piperidine rings is 1. The fraction of sp³-hybridized carbons (Fsp3) is 0.280. The number of likely N-dealkylation sites (tertiary alicyclic amines) is 1. The Morgan fingerprint density at radius 1 is 1.03 bits per heavy atom. The lowest BCUT2D eigenvalue weighted by atomic mass is 9.98. The molecule has 1 unspecified atom stereocenters. The van der Waals surface area contributed by atoms with Crippen LogP contribution in [-0.2, 0) is 4.74 Å². The van der Waals surface area contributed by atoms with E-state index in [1.807, 2.05) is 23.1 Å². The number of hydrogen-bond donors (Lipinski definition) is 1. The van der Waals surface area contributed by atoms with E-state index < -0.39 is 0 Å². The molecular formula is C25H25N3O2S. The molecule has 2 aromatic carbocycles. The van der Waals surface area contributed by atoms with E-state index in [4.69, 9.17) is 4.74 Å². The molecule has 1 amide bonds. The molecule has 1 aliphatic carbocycles. The Hall–Kier alpha value is -2.83. The van der Waals surface area contributed by atoms with Gasteiger partial charge in [0.25, 0.3) is 0 Å². The summed E-state index contributed by atoms with van der Waals surface area (Å²) in [6, 6.07) is 22.9. The molecule has 6 heteroatoms. The Kier molecular flexibility index (Phi) is 5.91. The third kappa shape index (κ3) is 4.31. The van der Waals surface area contributed by atoms with E-state index >= 15 is 0 Å². The fourth-order valence-corrected chi connectivity index (χ4v) is 5.22. The minimum absolute atomic E-state index is 0.0924. The molecule has 0 bridgehead atoms. The summed E-state index contributed by atoms with van der Waals surface area (Å²) >= 11 is 1.52. The summed E-state index contributed by atoms with van der Waals surface area (Å²) in [5.41, 5.74) is 4.96. The second-order valence-corrected chi connectivity index (χ2v) is 8.84. The van der Waals surface area contributed by atoms with Crippen molar-refractivity contribution in [3.8, 4) is 11.1 Å². The van der Waals surface area contributed by atoms with Gasteiger partial charge in [-0.05, 0) is 59.2 Å². The van der Waals surface area contributed by atoms with Crippen molar-refractivity contribution < 1.29 is 9.53 Å². The summed E-state index contributed by atoms with van der Waals surface area (Å²) in [6.45, 7) is 1.75. The van der Waals surface area contributed by atoms with Crippen LogP contribution in [0.3, 0.4) is 0 Å². The van der Waals surface area contributed by atoms with Crippen molar-refractivity contribution >= 4 is 18.0 Å². The smallest absolute Gasteiger partial charge is 0.409 e. The van der Waals surface area contributed by atoms with Crippen LogP contribution >= 0.6 is 11.9 Å². The second-order valence-electron chi connectivity index (χ2n) is 7.98. The molecule has 2 aliphatic rings. The van der Waals surface area contributed by atoms with E-state index in [-0.39, 0.29) is 18.1 Å². The molecule has 1 N–H and O–H groups in total. The zero-order valence-corrected chi connectivity index (χ0v) is 18.1. The number of benzene rings is 2. The van der Waals surface area contributed by atoms with Gasteiger partial charge >= 0.3 is 6.09 Å². The zero-order chi connectivity index (χ0) is 21.0. The molecule has 0 spiro atoms. The van der Waals surface area contributed by atoms with Gasteiger partial charge in [0.1, 0.15) is 11.6 Å². The number of rotatable bonds is 5. The van der Waals surface area contributed by atoms with Gasteiger partial charge in [-0.15, -0.1) is 0 Å². The van der Waals surface area contributed by atoms with Crippen LogP contribution in [0, 0.1) is 0 Å². The third-order valence-corrected chi connectivity index (χ3v) is 6.89. The Morgan fingerprint density at radius 3 is 2.45 bits per heavy atom. The normalized spacial score (nSPS) is 17.8. The lowest BCUT2D eigenvalue weighted by Gasteiger charge is -2.32. The number of carbonyl (C=O) groups excluding carboxylic acids is 1. The molecule has 1 saturated heterocycles. The fourth-order valence-electron chi connectivity index (χ4n) is 4.48. The van der Waals surface area contributed by atoms with Crippen LogP contribution in [0.5, 0.6) is 0 Å². The predicted molar refractivity (Wildman–Crippen MR) is 123 cm³/mol. The number of ether oxygens (including phenoxy) is 1. The largest absolute Gasteiger partial charge is 0.448 e. The van der Waals surface area contributed by atoms with Gasteiger partial charge in [0.05, 0.1) is 0 Å². The number of pyridine rings is 1. The molecule has 3 aromatic rings. The monoisotopic (exact) mass is 431 g/mol. The van der Waals surface area contributed by atoms with Crippen molar-refractivity contribution in [1.82, 2.24) is 14.6 Å². The minimum atomic E-state index is -0.226. The summed E-state index contributed by atoms with van der Waals surface area (Å²) in [7, 11) is 0. The molecule has 158 valence electrons. The maximum absolute atomic E-state index is 12.9. The Bertz CT molecular complexity index is 1010. The van der Waals surface area contributed by atoms with Crippen LogP contribution in [0.25, 0.3) is 11.1 Å². The molecular weight excluding hydrogens is 406 g/mol. The van der Waals surface area contributed by atoms with Crippen molar-refractivity contribution in [2.45, 2.75) is 29.8 Å². The van der Waals surface area contributed by atoms with Crippen LogP contribution in [0.4, 0.5) is 4.79 Å². The number of fused-ring (bicyclic) bond motifs is 3. The topological polar surface area (TPSA) is 54.5 Å². The van der Waals surface area contributed by atoms with Gasteiger partial charge < -0.3 is 9.64 Å². The van der Waals surface area contributed by atoms with Crippen molar-refractivity contribution in [3.63, 3.8) is 0 Å². The molecule has 0 radical (unpaired) electrons. The van der Waals surface area contributed by atoms with Gasteiger partial charge in [-0.25, -0.2) is 9.78 Å². The van der Waals surface area contributed by atoms with Crippen LogP contribution in [-0.4, -0.2) is 41.7 Å². The SMILES string of the molecule is O=C(OCC1c2ccccc2-c2ccccc21)N1CCCC(NSc2ccccn2)C1. The van der Waals surface area contributed by atoms with E-state index in [0.717, 1.165) is 24.4 Å². The molecule has 2 heterocycles. The standard InChI is InChI=1S/C25H25N3O2S/c29-25(28-15-7-8-18(16-28)27-31-24-13-5-6-14-26-24)30-17-23-21-11-3-1-9-19(21)20-10-2-4-12-22(20)23/h1-6,9-14,18,23,27H,7-8,15-17H2. The second kappa shape index (κ2) is 9.12. The summed E-state index contributed by atoms with van der Waals surface area (Å²) in [6.07, 6.45) is 3.56. The van der Waals surface area contributed by atoms with Crippen LogP contribution in [0.15, 0.2) is 78.0 Å². The molecule has 5 rings (SSSR count). The number of amides is 1. The summed E-state index contributed by atoms with van der Waals surface area (Å²) in [4.78, 5) is 19.0. The maximum Gasteiger partial charge on any atom is 0.409 e. The average molecular weight is 432 g/mol. The lowest BCUT2D eigenvalue weighted by molar-refractivity contribution is 0.0886. The Morgan fingerprint density at radius 2 is 1.74 bits per heavy atom. The highest BCUT2D eigenvalue weighted by molar-refractivity contribution is 7.97. The van der Waals surface area contributed by atoms with Gasteiger partial charge in [0.2, 0.25) is 0 Å². The highest BCUT2D eigenvalue weighted by Gasteiger charge is 2.30. The van der Waals surface area contributed by atoms with E-state index in [2.05, 4.69) is 58.2 Å². The molecule has 1 atom stereocenters. The first kappa shape index (κ1) is 20.1. The molecule has 1 fully saturated rings. The predicted octanol–water partition coefficient (Wildman–Crippen LogP) is 5.09. The van der Waals surface area contributed by atoms with Crippen LogP contribution in [0.2, 0.25) is 0 Å². The van der Waals surface area contributed by atoms with Crippen molar-refractivity contribution in [2.24, 2.45) is 0 Å².